The Morgan fingerprint density at radius 1 is 1.43 bits per heavy atom. The van der Waals surface area contributed by atoms with Crippen molar-refractivity contribution in [2.75, 3.05) is 0 Å². The van der Waals surface area contributed by atoms with Gasteiger partial charge in [-0.3, -0.25) is 4.79 Å². The number of halogens is 1. The fourth-order valence-electron chi connectivity index (χ4n) is 5.44. The maximum absolute atomic E-state index is 12.5. The van der Waals surface area contributed by atoms with Crippen LogP contribution in [0, 0.1) is 17.3 Å². The van der Waals surface area contributed by atoms with Gasteiger partial charge in [-0.2, -0.15) is 4.99 Å². The highest BCUT2D eigenvalue weighted by Gasteiger charge is 2.57. The molecule has 0 aliphatic heterocycles. The highest BCUT2D eigenvalue weighted by molar-refractivity contribution is 9.10. The van der Waals surface area contributed by atoms with Crippen LogP contribution in [-0.2, 0) is 11.8 Å². The first-order valence-corrected chi connectivity index (χ1v) is 9.49. The van der Waals surface area contributed by atoms with Gasteiger partial charge in [-0.25, -0.2) is 0 Å². The summed E-state index contributed by atoms with van der Waals surface area (Å²) in [6, 6.07) is 0. The van der Waals surface area contributed by atoms with Crippen LogP contribution in [0.3, 0.4) is 0 Å². The molecule has 0 N–H and O–H groups in total. The van der Waals surface area contributed by atoms with Crippen LogP contribution in [0.4, 0.5) is 0 Å². The number of nitrogens with zero attached hydrogens (tertiary/aromatic N) is 2. The molecule has 3 nitrogen and oxygen atoms in total. The Kier molecular flexibility index (Phi) is 3.23. The average molecular weight is 369 g/mol. The first-order valence-electron chi connectivity index (χ1n) is 7.82. The average Bonchev–Trinajstić information content (AvgIpc) is 2.70. The number of rotatable bonds is 2. The molecule has 4 atom stereocenters. The standard InChI is InChI=1S/C16H21BrN2OS/c1-19-2-3-21-14(19)18-13(20)9-15-5-11-4-12(6-15)8-16(17,7-11)10-15/h2-3,11-12H,4-10H2,1H3/t11-,12+,15?,16?. The van der Waals surface area contributed by atoms with Crippen molar-refractivity contribution in [3.8, 4) is 0 Å². The van der Waals surface area contributed by atoms with Gasteiger partial charge in [0.15, 0.2) is 4.80 Å². The molecule has 4 bridgehead atoms. The smallest absolute Gasteiger partial charge is 0.248 e. The van der Waals surface area contributed by atoms with Crippen LogP contribution < -0.4 is 4.80 Å². The van der Waals surface area contributed by atoms with E-state index < -0.39 is 0 Å². The number of aryl methyl sites for hydroxylation is 1. The Labute approximate surface area is 137 Å². The van der Waals surface area contributed by atoms with Crippen molar-refractivity contribution in [2.45, 2.75) is 49.3 Å². The fraction of sp³-hybridized carbons (Fsp3) is 0.750. The summed E-state index contributed by atoms with van der Waals surface area (Å²) in [5.74, 6) is 1.73. The van der Waals surface area contributed by atoms with Gasteiger partial charge in [-0.05, 0) is 55.8 Å². The molecular formula is C16H21BrN2OS. The second-order valence-electron chi connectivity index (χ2n) is 7.59. The molecule has 4 saturated carbocycles. The molecule has 4 fully saturated rings. The van der Waals surface area contributed by atoms with Crippen molar-refractivity contribution in [1.29, 1.82) is 0 Å². The van der Waals surface area contributed by atoms with Crippen LogP contribution in [0.25, 0.3) is 0 Å². The number of aromatic nitrogens is 1. The Bertz CT molecular complexity index is 633. The molecule has 0 saturated heterocycles. The monoisotopic (exact) mass is 368 g/mol. The molecule has 1 heterocycles. The van der Waals surface area contributed by atoms with Gasteiger partial charge < -0.3 is 4.57 Å². The van der Waals surface area contributed by atoms with Gasteiger partial charge in [0.05, 0.1) is 0 Å². The van der Waals surface area contributed by atoms with Crippen molar-refractivity contribution >= 4 is 33.2 Å². The summed E-state index contributed by atoms with van der Waals surface area (Å²) in [6.45, 7) is 0. The molecule has 1 amide bonds. The van der Waals surface area contributed by atoms with E-state index in [9.17, 15) is 4.79 Å². The van der Waals surface area contributed by atoms with Crippen LogP contribution in [0.5, 0.6) is 0 Å². The molecule has 0 aromatic carbocycles. The Morgan fingerprint density at radius 3 is 2.71 bits per heavy atom. The van der Waals surface area contributed by atoms with E-state index in [0.717, 1.165) is 16.6 Å². The maximum Gasteiger partial charge on any atom is 0.248 e. The largest absolute Gasteiger partial charge is 0.327 e. The van der Waals surface area contributed by atoms with Crippen LogP contribution in [0.2, 0.25) is 0 Å². The SMILES string of the molecule is Cn1ccsc1=NC(=O)CC12C[C@@H]3C[C@@H](CC(Br)(C3)C1)C2. The predicted molar refractivity (Wildman–Crippen MR) is 87.3 cm³/mol. The van der Waals surface area contributed by atoms with Crippen molar-refractivity contribution in [1.82, 2.24) is 4.57 Å². The molecule has 1 aromatic rings. The Hall–Kier alpha value is -0.420. The minimum Gasteiger partial charge on any atom is -0.327 e. The van der Waals surface area contributed by atoms with E-state index in [4.69, 9.17) is 0 Å². The van der Waals surface area contributed by atoms with E-state index in [1.54, 1.807) is 0 Å². The number of alkyl halides is 1. The molecule has 0 radical (unpaired) electrons. The minimum absolute atomic E-state index is 0.0751. The van der Waals surface area contributed by atoms with Gasteiger partial charge in [0.2, 0.25) is 5.91 Å². The zero-order valence-electron chi connectivity index (χ0n) is 12.3. The lowest BCUT2D eigenvalue weighted by atomic mass is 9.48. The molecule has 21 heavy (non-hydrogen) atoms. The van der Waals surface area contributed by atoms with Crippen LogP contribution >= 0.6 is 27.3 Å². The molecule has 1 aromatic heterocycles. The summed E-state index contributed by atoms with van der Waals surface area (Å²) >= 11 is 5.55. The lowest BCUT2D eigenvalue weighted by Gasteiger charge is -2.60. The minimum atomic E-state index is 0.0751. The highest BCUT2D eigenvalue weighted by atomic mass is 79.9. The van der Waals surface area contributed by atoms with Gasteiger partial charge in [-0.15, -0.1) is 11.3 Å². The van der Waals surface area contributed by atoms with E-state index in [1.165, 1.54) is 49.9 Å². The third-order valence-electron chi connectivity index (χ3n) is 5.62. The molecule has 0 spiro atoms. The topological polar surface area (TPSA) is 34.4 Å². The molecule has 4 aliphatic rings. The van der Waals surface area contributed by atoms with Gasteiger partial charge in [0.25, 0.3) is 0 Å². The molecule has 5 heteroatoms. The van der Waals surface area contributed by atoms with Crippen LogP contribution in [0.1, 0.15) is 44.9 Å². The van der Waals surface area contributed by atoms with Crippen LogP contribution in [0.15, 0.2) is 16.6 Å². The fourth-order valence-corrected chi connectivity index (χ4v) is 7.70. The molecule has 2 unspecified atom stereocenters. The van der Waals surface area contributed by atoms with E-state index in [2.05, 4.69) is 20.9 Å². The van der Waals surface area contributed by atoms with Crippen molar-refractivity contribution < 1.29 is 4.79 Å². The second-order valence-corrected chi connectivity index (χ2v) is 10.1. The third-order valence-corrected chi connectivity index (χ3v) is 7.39. The number of amides is 1. The van der Waals surface area contributed by atoms with Crippen molar-refractivity contribution in [3.63, 3.8) is 0 Å². The van der Waals surface area contributed by atoms with Gasteiger partial charge >= 0.3 is 0 Å². The normalized spacial score (nSPS) is 41.7. The van der Waals surface area contributed by atoms with Crippen molar-refractivity contribution in [2.24, 2.45) is 29.3 Å². The lowest BCUT2D eigenvalue weighted by molar-refractivity contribution is -0.125. The zero-order chi connectivity index (χ0) is 14.7. The molecule has 114 valence electrons. The first kappa shape index (κ1) is 14.2. The lowest BCUT2D eigenvalue weighted by Crippen LogP contribution is -2.53. The summed E-state index contributed by atoms with van der Waals surface area (Å²) in [6.07, 6.45) is 10.3. The van der Waals surface area contributed by atoms with E-state index in [-0.39, 0.29) is 11.3 Å². The number of thiazole rings is 1. The number of hydrogen-bond acceptors (Lipinski definition) is 2. The zero-order valence-corrected chi connectivity index (χ0v) is 14.8. The van der Waals surface area contributed by atoms with Gasteiger partial charge in [0.1, 0.15) is 0 Å². The highest BCUT2D eigenvalue weighted by Crippen LogP contribution is 2.65. The van der Waals surface area contributed by atoms with Crippen LogP contribution in [-0.4, -0.2) is 14.8 Å². The number of carbonyl (C=O) groups excluding carboxylic acids is 1. The predicted octanol–water partition coefficient (Wildman–Crippen LogP) is 3.64. The Morgan fingerprint density at radius 2 is 2.14 bits per heavy atom. The van der Waals surface area contributed by atoms with E-state index in [0.29, 0.717) is 10.7 Å². The summed E-state index contributed by atoms with van der Waals surface area (Å²) < 4.78 is 2.25. The molecule has 4 aliphatic carbocycles. The summed E-state index contributed by atoms with van der Waals surface area (Å²) in [5.41, 5.74) is 0.226. The summed E-state index contributed by atoms with van der Waals surface area (Å²) in [5, 5.41) is 1.98. The van der Waals surface area contributed by atoms with Crippen molar-refractivity contribution in [3.05, 3.63) is 16.4 Å². The number of hydrogen-bond donors (Lipinski definition) is 0. The summed E-state index contributed by atoms with van der Waals surface area (Å²) in [4.78, 5) is 17.6. The molecular weight excluding hydrogens is 348 g/mol. The molecule has 5 rings (SSSR count). The first-order chi connectivity index (χ1) is 9.95. The van der Waals surface area contributed by atoms with E-state index >= 15 is 0 Å². The van der Waals surface area contributed by atoms with Gasteiger partial charge in [-0.1, -0.05) is 15.9 Å². The Balaban J connectivity index is 1.57. The second kappa shape index (κ2) is 4.79. The quantitative estimate of drug-likeness (QED) is 0.733. The summed E-state index contributed by atoms with van der Waals surface area (Å²) in [7, 11) is 1.95. The third kappa shape index (κ3) is 2.56. The van der Waals surface area contributed by atoms with Gasteiger partial charge in [0, 0.05) is 29.4 Å². The maximum atomic E-state index is 12.5. The van der Waals surface area contributed by atoms with E-state index in [1.807, 2.05) is 23.2 Å². The number of carbonyl (C=O) groups is 1.